The first-order valence-corrected chi connectivity index (χ1v) is 10.5. The van der Waals surface area contributed by atoms with Crippen molar-refractivity contribution in [2.45, 2.75) is 18.9 Å². The van der Waals surface area contributed by atoms with Gasteiger partial charge in [-0.15, -0.1) is 0 Å². The predicted molar refractivity (Wildman–Crippen MR) is 119 cm³/mol. The number of carboxylic acids is 2. The van der Waals surface area contributed by atoms with Crippen LogP contribution in [0.5, 0.6) is 0 Å². The average molecular weight is 456 g/mol. The topological polar surface area (TPSA) is 116 Å². The van der Waals surface area contributed by atoms with Crippen molar-refractivity contribution in [3.63, 3.8) is 0 Å². The molecule has 3 aliphatic rings. The smallest absolute Gasteiger partial charge is 0.412 e. The lowest BCUT2D eigenvalue weighted by atomic mass is 9.86. The molecule has 0 aromatic heterocycles. The van der Waals surface area contributed by atoms with Gasteiger partial charge in [0, 0.05) is 24.3 Å². The summed E-state index contributed by atoms with van der Waals surface area (Å²) in [5, 5.41) is 18.3. The lowest BCUT2D eigenvalue weighted by molar-refractivity contribution is -0.134. The fraction of sp³-hybridized carbons (Fsp3) is 0.292. The molecular weight excluding hydrogens is 431 g/mol. The van der Waals surface area contributed by atoms with Crippen LogP contribution < -0.4 is 5.32 Å². The van der Waals surface area contributed by atoms with Crippen molar-refractivity contribution in [2.75, 3.05) is 25.0 Å². The second kappa shape index (κ2) is 11.2. The van der Waals surface area contributed by atoms with Gasteiger partial charge in [-0.05, 0) is 43.5 Å². The Morgan fingerprint density at radius 3 is 2.15 bits per heavy atom. The number of nitrogens with zero attached hydrogens (tertiary/aromatic N) is 1. The Morgan fingerprint density at radius 1 is 0.970 bits per heavy atom. The van der Waals surface area contributed by atoms with Gasteiger partial charge in [0.05, 0.1) is 5.69 Å². The Balaban J connectivity index is 0.000000331. The third-order valence-corrected chi connectivity index (χ3v) is 5.55. The van der Waals surface area contributed by atoms with Gasteiger partial charge in [-0.3, -0.25) is 10.2 Å². The summed E-state index contributed by atoms with van der Waals surface area (Å²) in [7, 11) is 0. The molecule has 1 amide bonds. The molecule has 9 heteroatoms. The van der Waals surface area contributed by atoms with Crippen molar-refractivity contribution in [1.29, 1.82) is 0 Å². The Hall–Kier alpha value is -3.72. The molecule has 0 aliphatic carbocycles. The van der Waals surface area contributed by atoms with Gasteiger partial charge < -0.3 is 14.9 Å². The maximum absolute atomic E-state index is 14.3. The van der Waals surface area contributed by atoms with Gasteiger partial charge in [-0.2, -0.15) is 0 Å². The van der Waals surface area contributed by atoms with Crippen LogP contribution in [0.2, 0.25) is 0 Å². The second-order valence-corrected chi connectivity index (χ2v) is 7.75. The number of nitrogens with one attached hydrogen (secondary N) is 1. The fourth-order valence-corrected chi connectivity index (χ4v) is 3.97. The van der Waals surface area contributed by atoms with Crippen LogP contribution in [0.1, 0.15) is 12.8 Å². The number of benzene rings is 2. The number of para-hydroxylation sites is 1. The molecule has 0 radical (unpaired) electrons. The molecule has 0 spiro atoms. The molecule has 3 aliphatic heterocycles. The van der Waals surface area contributed by atoms with Gasteiger partial charge in [-0.25, -0.2) is 18.8 Å². The highest BCUT2D eigenvalue weighted by atomic mass is 19.1. The van der Waals surface area contributed by atoms with Gasteiger partial charge >= 0.3 is 18.0 Å². The van der Waals surface area contributed by atoms with Crippen molar-refractivity contribution >= 4 is 23.7 Å². The van der Waals surface area contributed by atoms with E-state index < -0.39 is 23.8 Å². The highest BCUT2D eigenvalue weighted by Gasteiger charge is 2.36. The minimum Gasteiger partial charge on any atom is -0.478 e. The molecule has 3 heterocycles. The number of carboxylic acid groups (broad SMARTS) is 2. The lowest BCUT2D eigenvalue weighted by Crippen LogP contribution is -2.52. The zero-order valence-corrected chi connectivity index (χ0v) is 17.8. The Labute approximate surface area is 190 Å². The molecule has 1 atom stereocenters. The van der Waals surface area contributed by atoms with Gasteiger partial charge in [0.15, 0.2) is 0 Å². The zero-order chi connectivity index (χ0) is 23.8. The summed E-state index contributed by atoms with van der Waals surface area (Å²) < 4.78 is 20.0. The first-order valence-electron chi connectivity index (χ1n) is 10.5. The van der Waals surface area contributed by atoms with Crippen molar-refractivity contribution in [3.8, 4) is 11.1 Å². The van der Waals surface area contributed by atoms with E-state index in [1.54, 1.807) is 12.1 Å². The second-order valence-electron chi connectivity index (χ2n) is 7.75. The number of aliphatic carboxylic acids is 2. The number of ether oxygens (including phenoxy) is 1. The molecule has 8 nitrogen and oxygen atoms in total. The maximum atomic E-state index is 14.3. The Kier molecular flexibility index (Phi) is 8.15. The zero-order valence-electron chi connectivity index (χ0n) is 17.8. The van der Waals surface area contributed by atoms with E-state index >= 15 is 0 Å². The minimum absolute atomic E-state index is 0.102. The number of fused-ring (bicyclic) bond motifs is 3. The maximum Gasteiger partial charge on any atom is 0.412 e. The van der Waals surface area contributed by atoms with Crippen molar-refractivity contribution in [1.82, 2.24) is 4.90 Å². The van der Waals surface area contributed by atoms with Crippen LogP contribution in [0, 0.1) is 11.7 Å². The van der Waals surface area contributed by atoms with Crippen molar-refractivity contribution < 1.29 is 33.7 Å². The number of piperidine rings is 3. The number of hydrogen-bond donors (Lipinski definition) is 3. The highest BCUT2D eigenvalue weighted by Crippen LogP contribution is 2.32. The molecule has 0 unspecified atom stereocenters. The minimum atomic E-state index is -1.26. The number of carbonyl (C=O) groups excluding carboxylic acids is 1. The van der Waals surface area contributed by atoms with E-state index in [0.717, 1.165) is 38.0 Å². The van der Waals surface area contributed by atoms with Gasteiger partial charge in [-0.1, -0.05) is 42.5 Å². The fourth-order valence-electron chi connectivity index (χ4n) is 3.97. The molecule has 174 valence electrons. The number of amides is 1. The number of carbonyl (C=O) groups is 3. The molecule has 3 saturated heterocycles. The molecule has 0 saturated carbocycles. The molecule has 3 fully saturated rings. The molecule has 2 aromatic carbocycles. The Morgan fingerprint density at radius 2 is 1.61 bits per heavy atom. The summed E-state index contributed by atoms with van der Waals surface area (Å²) in [6.45, 7) is 2.94. The largest absolute Gasteiger partial charge is 0.478 e. The number of halogens is 1. The van der Waals surface area contributed by atoms with Gasteiger partial charge in [0.1, 0.15) is 11.9 Å². The number of rotatable bonds is 5. The lowest BCUT2D eigenvalue weighted by Gasteiger charge is -2.43. The van der Waals surface area contributed by atoms with Crippen LogP contribution in [-0.4, -0.2) is 58.9 Å². The summed E-state index contributed by atoms with van der Waals surface area (Å²) in [4.78, 5) is 33.8. The van der Waals surface area contributed by atoms with Crippen molar-refractivity contribution in [2.24, 2.45) is 5.92 Å². The number of anilines is 1. The van der Waals surface area contributed by atoms with Gasteiger partial charge in [0.25, 0.3) is 0 Å². The van der Waals surface area contributed by atoms with Crippen LogP contribution in [-0.2, 0) is 14.3 Å². The van der Waals surface area contributed by atoms with Crippen LogP contribution in [0.15, 0.2) is 60.7 Å². The normalized spacial score (nSPS) is 21.1. The summed E-state index contributed by atoms with van der Waals surface area (Å²) in [6, 6.07) is 14.2. The van der Waals surface area contributed by atoms with E-state index in [9.17, 15) is 18.8 Å². The average Bonchev–Trinajstić information content (AvgIpc) is 2.81. The highest BCUT2D eigenvalue weighted by molar-refractivity contribution is 5.92. The quantitative estimate of drug-likeness (QED) is 0.585. The Bertz CT molecular complexity index is 1000. The summed E-state index contributed by atoms with van der Waals surface area (Å²) >= 11 is 0. The third kappa shape index (κ3) is 6.88. The van der Waals surface area contributed by atoms with E-state index in [4.69, 9.17) is 14.9 Å². The molecule has 5 rings (SSSR count). The summed E-state index contributed by atoms with van der Waals surface area (Å²) in [6.07, 6.45) is 2.56. The van der Waals surface area contributed by atoms with Crippen molar-refractivity contribution in [3.05, 3.63) is 66.5 Å². The first kappa shape index (κ1) is 23.9. The predicted octanol–water partition coefficient (Wildman–Crippen LogP) is 3.85. The van der Waals surface area contributed by atoms with E-state index in [1.165, 1.54) is 6.07 Å². The first-order chi connectivity index (χ1) is 15.8. The van der Waals surface area contributed by atoms with E-state index in [1.807, 2.05) is 30.3 Å². The van der Waals surface area contributed by atoms with E-state index in [0.29, 0.717) is 23.6 Å². The standard InChI is InChI=1S/C20H21FN2O2.C4H4O4/c21-17-8-4-7-16(14-5-2-1-3-6-14)19(17)22-20(24)25-18-13-23-11-9-15(18)10-12-23;5-3(6)1-2-4(7)8/h1-8,15,18H,9-13H2,(H,22,24);1-2H,(H,5,6)(H,7,8)/b;2-1+/t18-;/m0./s1. The molecule has 3 N–H and O–H groups in total. The van der Waals surface area contributed by atoms with E-state index in [2.05, 4.69) is 10.2 Å². The van der Waals surface area contributed by atoms with Gasteiger partial charge in [0.2, 0.25) is 0 Å². The summed E-state index contributed by atoms with van der Waals surface area (Å²) in [5.74, 6) is -2.56. The molecular formula is C24H25FN2O6. The van der Waals surface area contributed by atoms with Crippen LogP contribution in [0.25, 0.3) is 11.1 Å². The monoisotopic (exact) mass is 456 g/mol. The van der Waals surface area contributed by atoms with Crippen LogP contribution >= 0.6 is 0 Å². The van der Waals surface area contributed by atoms with Crippen LogP contribution in [0.4, 0.5) is 14.9 Å². The van der Waals surface area contributed by atoms with E-state index in [-0.39, 0.29) is 11.8 Å². The molecule has 33 heavy (non-hydrogen) atoms. The molecule has 2 bridgehead atoms. The molecule has 2 aromatic rings. The number of hydrogen-bond acceptors (Lipinski definition) is 5. The SMILES string of the molecule is O=C(Nc1c(F)cccc1-c1ccccc1)O[C@H]1CN2CCC1CC2.O=C(O)/C=C/C(=O)O. The third-order valence-electron chi connectivity index (χ3n) is 5.55. The summed E-state index contributed by atoms with van der Waals surface area (Å²) in [5.41, 5.74) is 1.66. The van der Waals surface area contributed by atoms with Crippen LogP contribution in [0.3, 0.4) is 0 Å².